The lowest BCUT2D eigenvalue weighted by Crippen LogP contribution is -2.47. The second-order valence-electron chi connectivity index (χ2n) is 6.52. The lowest BCUT2D eigenvalue weighted by Gasteiger charge is -2.23. The van der Waals surface area contributed by atoms with Gasteiger partial charge in [0.25, 0.3) is 0 Å². The summed E-state index contributed by atoms with van der Waals surface area (Å²) in [4.78, 5) is 0. The summed E-state index contributed by atoms with van der Waals surface area (Å²) in [7, 11) is 0. The molecule has 3 nitrogen and oxygen atoms in total. The topological polar surface area (TPSA) is 25.4 Å². The Balaban J connectivity index is 2.00. The van der Waals surface area contributed by atoms with Crippen molar-refractivity contribution >= 4 is 11.0 Å². The summed E-state index contributed by atoms with van der Waals surface area (Å²) < 4.78 is 14.5. The molecule has 122 valence electrons. The Morgan fingerprint density at radius 1 is 0.875 bits per heavy atom. The van der Waals surface area contributed by atoms with Crippen molar-refractivity contribution < 1.29 is 9.15 Å². The van der Waals surface area contributed by atoms with E-state index in [-0.39, 0.29) is 12.2 Å². The minimum absolute atomic E-state index is 0.227. The number of ether oxygens (including phenoxy) is 1. The van der Waals surface area contributed by atoms with Crippen LogP contribution in [0.1, 0.15) is 13.8 Å². The average Bonchev–Trinajstić information content (AvgIpc) is 2.60. The fourth-order valence-corrected chi connectivity index (χ4v) is 3.50. The lowest BCUT2D eigenvalue weighted by atomic mass is 10.1. The van der Waals surface area contributed by atoms with Crippen LogP contribution in [-0.4, -0.2) is 25.3 Å². The van der Waals surface area contributed by atoms with Gasteiger partial charge in [0, 0.05) is 5.56 Å². The summed E-state index contributed by atoms with van der Waals surface area (Å²) in [6.07, 6.45) is 0.453. The number of hydrogen-bond acceptors (Lipinski definition) is 2. The predicted molar refractivity (Wildman–Crippen MR) is 96.7 cm³/mol. The quantitative estimate of drug-likeness (QED) is 0.639. The van der Waals surface area contributed by atoms with Crippen molar-refractivity contribution in [2.24, 2.45) is 0 Å². The van der Waals surface area contributed by atoms with Crippen LogP contribution in [0.25, 0.3) is 22.3 Å². The number of rotatable bonds is 1. The van der Waals surface area contributed by atoms with Crippen molar-refractivity contribution in [1.29, 1.82) is 0 Å². The molecule has 3 heteroatoms. The summed E-state index contributed by atoms with van der Waals surface area (Å²) in [5.74, 6) is 0.899. The highest BCUT2D eigenvalue weighted by molar-refractivity contribution is 5.78. The van der Waals surface area contributed by atoms with Gasteiger partial charge in [-0.2, -0.15) is 0 Å². The van der Waals surface area contributed by atoms with Gasteiger partial charge < -0.3 is 9.15 Å². The van der Waals surface area contributed by atoms with Gasteiger partial charge in [0.15, 0.2) is 13.1 Å². The van der Waals surface area contributed by atoms with Gasteiger partial charge in [-0.3, -0.25) is 0 Å². The zero-order valence-electron chi connectivity index (χ0n) is 14.1. The molecule has 1 saturated heterocycles. The predicted octanol–water partition coefficient (Wildman–Crippen LogP) is 3.68. The van der Waals surface area contributed by atoms with E-state index in [1.165, 1.54) is 5.36 Å². The maximum absolute atomic E-state index is 6.18. The number of nitrogens with zero attached hydrogens (tertiary/aromatic N) is 1. The summed E-state index contributed by atoms with van der Waals surface area (Å²) >= 11 is 0. The average molecular weight is 320 g/mol. The second-order valence-corrected chi connectivity index (χ2v) is 6.52. The summed E-state index contributed by atoms with van der Waals surface area (Å²) in [5.41, 5.74) is 2.01. The van der Waals surface area contributed by atoms with Gasteiger partial charge in [0.2, 0.25) is 5.36 Å². The SMILES string of the molecule is C[C@@H]1C[N+](=c2cc(-c3ccccc3)oc3ccccc23)C[C@H](C)O1. The molecule has 1 aliphatic rings. The van der Waals surface area contributed by atoms with Crippen LogP contribution in [0, 0.1) is 0 Å². The highest BCUT2D eigenvalue weighted by Crippen LogP contribution is 2.21. The van der Waals surface area contributed by atoms with Gasteiger partial charge in [-0.1, -0.05) is 42.5 Å². The molecule has 0 amide bonds. The van der Waals surface area contributed by atoms with Crippen molar-refractivity contribution in [1.82, 2.24) is 4.58 Å². The fraction of sp³-hybridized carbons (Fsp3) is 0.286. The molecule has 0 aliphatic carbocycles. The first-order valence-corrected chi connectivity index (χ1v) is 8.52. The molecule has 4 rings (SSSR count). The zero-order valence-corrected chi connectivity index (χ0v) is 14.1. The highest BCUT2D eigenvalue weighted by Gasteiger charge is 2.26. The maximum Gasteiger partial charge on any atom is 0.214 e. The van der Waals surface area contributed by atoms with E-state index in [1.807, 2.05) is 30.3 Å². The van der Waals surface area contributed by atoms with Crippen molar-refractivity contribution in [3.8, 4) is 11.3 Å². The first kappa shape index (κ1) is 15.2. The Morgan fingerprint density at radius 3 is 2.29 bits per heavy atom. The van der Waals surface area contributed by atoms with E-state index >= 15 is 0 Å². The number of benzene rings is 2. The van der Waals surface area contributed by atoms with Gasteiger partial charge >= 0.3 is 0 Å². The fourth-order valence-electron chi connectivity index (χ4n) is 3.50. The highest BCUT2D eigenvalue weighted by atomic mass is 16.5. The summed E-state index contributed by atoms with van der Waals surface area (Å²) in [6.45, 7) is 6.06. The molecule has 0 radical (unpaired) electrons. The van der Waals surface area contributed by atoms with E-state index in [1.54, 1.807) is 0 Å². The van der Waals surface area contributed by atoms with Crippen molar-refractivity contribution in [2.45, 2.75) is 26.1 Å². The number of hydrogen-bond donors (Lipinski definition) is 0. The number of para-hydroxylation sites is 1. The van der Waals surface area contributed by atoms with Gasteiger partial charge in [0.05, 0.1) is 11.5 Å². The molecule has 2 atom stereocenters. The van der Waals surface area contributed by atoms with Crippen LogP contribution in [0.2, 0.25) is 0 Å². The zero-order chi connectivity index (χ0) is 16.5. The molecule has 0 N–H and O–H groups in total. The molecule has 2 aromatic carbocycles. The summed E-state index contributed by atoms with van der Waals surface area (Å²) in [6, 6.07) is 20.7. The largest absolute Gasteiger partial charge is 0.456 e. The molecule has 2 heterocycles. The van der Waals surface area contributed by atoms with Gasteiger partial charge in [0.1, 0.15) is 23.6 Å². The standard InChI is InChI=1S/C21H22NO2/c1-15-13-22(14-16(2)23-15)19-12-21(17-8-4-3-5-9-17)24-20-11-7-6-10-18(19)20/h3-12,15-16H,13-14H2,1-2H3/q+1/t15-,16+. The Kier molecular flexibility index (Phi) is 3.95. The van der Waals surface area contributed by atoms with E-state index in [9.17, 15) is 0 Å². The molecule has 3 aromatic rings. The minimum Gasteiger partial charge on any atom is -0.456 e. The molecule has 0 unspecified atom stereocenters. The van der Waals surface area contributed by atoms with E-state index in [0.29, 0.717) is 0 Å². The van der Waals surface area contributed by atoms with Crippen LogP contribution in [0.3, 0.4) is 0 Å². The second kappa shape index (κ2) is 6.25. The third kappa shape index (κ3) is 2.87. The van der Waals surface area contributed by atoms with Gasteiger partial charge in [-0.25, -0.2) is 4.58 Å². The van der Waals surface area contributed by atoms with Crippen molar-refractivity contribution in [3.63, 3.8) is 0 Å². The first-order valence-electron chi connectivity index (χ1n) is 8.52. The van der Waals surface area contributed by atoms with Gasteiger partial charge in [-0.15, -0.1) is 0 Å². The maximum atomic E-state index is 6.18. The number of morpholine rings is 1. The monoisotopic (exact) mass is 320 g/mol. The summed E-state index contributed by atoms with van der Waals surface area (Å²) in [5, 5.41) is 2.37. The normalized spacial score (nSPS) is 23.4. The molecule has 24 heavy (non-hydrogen) atoms. The van der Waals surface area contributed by atoms with Gasteiger partial charge in [-0.05, 0) is 26.0 Å². The smallest absolute Gasteiger partial charge is 0.214 e. The van der Waals surface area contributed by atoms with Crippen LogP contribution < -0.4 is 9.93 Å². The molecule has 1 aliphatic heterocycles. The molecule has 0 bridgehead atoms. The molecule has 1 fully saturated rings. The van der Waals surface area contributed by atoms with Crippen LogP contribution in [-0.2, 0) is 4.74 Å². The van der Waals surface area contributed by atoms with E-state index in [0.717, 1.165) is 35.4 Å². The Bertz CT molecular complexity index is 915. The van der Waals surface area contributed by atoms with Crippen LogP contribution in [0.5, 0.6) is 0 Å². The van der Waals surface area contributed by atoms with Crippen molar-refractivity contribution in [2.75, 3.05) is 13.1 Å². The number of fused-ring (bicyclic) bond motifs is 1. The molecule has 0 spiro atoms. The minimum atomic E-state index is 0.227. The van der Waals surface area contributed by atoms with Crippen LogP contribution >= 0.6 is 0 Å². The molecule has 0 saturated carbocycles. The lowest BCUT2D eigenvalue weighted by molar-refractivity contribution is -0.0261. The third-order valence-corrected chi connectivity index (χ3v) is 4.47. The molecular formula is C21H22NO2+. The van der Waals surface area contributed by atoms with E-state index in [4.69, 9.17) is 9.15 Å². The Labute approximate surface area is 141 Å². The molecular weight excluding hydrogens is 298 g/mol. The Hall–Kier alpha value is -2.39. The molecule has 1 aromatic heterocycles. The Morgan fingerprint density at radius 2 is 1.54 bits per heavy atom. The first-order chi connectivity index (χ1) is 11.7. The van der Waals surface area contributed by atoms with E-state index < -0.39 is 0 Å². The van der Waals surface area contributed by atoms with Crippen LogP contribution in [0.15, 0.2) is 65.1 Å². The van der Waals surface area contributed by atoms with Crippen LogP contribution in [0.4, 0.5) is 0 Å². The third-order valence-electron chi connectivity index (χ3n) is 4.47. The van der Waals surface area contributed by atoms with Crippen molar-refractivity contribution in [3.05, 3.63) is 66.0 Å². The van der Waals surface area contributed by atoms with E-state index in [2.05, 4.69) is 48.8 Å².